The lowest BCUT2D eigenvalue weighted by molar-refractivity contribution is -0.124. The molecule has 82 valence electrons. The van der Waals surface area contributed by atoms with Crippen LogP contribution < -0.4 is 0 Å². The van der Waals surface area contributed by atoms with E-state index in [0.717, 1.165) is 25.5 Å². The smallest absolute Gasteiger partial charge is 0.172 e. The summed E-state index contributed by atoms with van der Waals surface area (Å²) >= 11 is 0. The van der Waals surface area contributed by atoms with Crippen molar-refractivity contribution in [2.75, 3.05) is 26.8 Å². The maximum absolute atomic E-state index is 11.4. The molecule has 1 aromatic rings. The number of carbonyl (C=O) groups excluding carboxylic acids is 1. The van der Waals surface area contributed by atoms with E-state index < -0.39 is 0 Å². The normalized spacial score (nSPS) is 16.3. The number of methoxy groups -OCH3 is 1. The lowest BCUT2D eigenvalue weighted by Gasteiger charge is -2.26. The Labute approximate surface area is 88.7 Å². The summed E-state index contributed by atoms with van der Waals surface area (Å²) in [6, 6.07) is 0. The van der Waals surface area contributed by atoms with Crippen molar-refractivity contribution in [2.45, 2.75) is 13.1 Å². The molecule has 0 fully saturated rings. The fourth-order valence-electron chi connectivity index (χ4n) is 1.81. The van der Waals surface area contributed by atoms with E-state index in [-0.39, 0.29) is 12.4 Å². The van der Waals surface area contributed by atoms with E-state index in [4.69, 9.17) is 4.74 Å². The molecular formula is C10H15N3O2. The molecule has 1 aliphatic rings. The Morgan fingerprint density at radius 2 is 2.47 bits per heavy atom. The van der Waals surface area contributed by atoms with E-state index in [1.54, 1.807) is 13.3 Å². The van der Waals surface area contributed by atoms with Crippen molar-refractivity contribution < 1.29 is 9.53 Å². The SMILES string of the molecule is COCC(=O)CN1CCn2ccnc2C1. The van der Waals surface area contributed by atoms with E-state index in [1.165, 1.54) is 0 Å². The molecule has 0 saturated heterocycles. The highest BCUT2D eigenvalue weighted by molar-refractivity contribution is 5.81. The number of hydrogen-bond acceptors (Lipinski definition) is 4. The van der Waals surface area contributed by atoms with Gasteiger partial charge < -0.3 is 9.30 Å². The molecule has 0 amide bonds. The number of ketones is 1. The predicted molar refractivity (Wildman–Crippen MR) is 54.4 cm³/mol. The second-order valence-electron chi connectivity index (χ2n) is 3.72. The number of hydrogen-bond donors (Lipinski definition) is 0. The molecular weight excluding hydrogens is 194 g/mol. The standard InChI is InChI=1S/C10H15N3O2/c1-15-8-9(14)6-12-4-5-13-3-2-11-10(13)7-12/h2-3H,4-8H2,1H3. The van der Waals surface area contributed by atoms with Crippen LogP contribution in [0.5, 0.6) is 0 Å². The highest BCUT2D eigenvalue weighted by atomic mass is 16.5. The van der Waals surface area contributed by atoms with Crippen LogP contribution in [0.1, 0.15) is 5.82 Å². The van der Waals surface area contributed by atoms with Crippen LogP contribution in [0.15, 0.2) is 12.4 Å². The van der Waals surface area contributed by atoms with Crippen LogP contribution >= 0.6 is 0 Å². The summed E-state index contributed by atoms with van der Waals surface area (Å²) < 4.78 is 6.92. The van der Waals surface area contributed by atoms with Gasteiger partial charge >= 0.3 is 0 Å². The maximum atomic E-state index is 11.4. The topological polar surface area (TPSA) is 47.4 Å². The molecule has 15 heavy (non-hydrogen) atoms. The Balaban J connectivity index is 1.90. The molecule has 2 rings (SSSR count). The van der Waals surface area contributed by atoms with Gasteiger partial charge in [0.15, 0.2) is 5.78 Å². The van der Waals surface area contributed by atoms with Gasteiger partial charge in [-0.3, -0.25) is 9.69 Å². The number of fused-ring (bicyclic) bond motifs is 1. The third-order valence-electron chi connectivity index (χ3n) is 2.53. The van der Waals surface area contributed by atoms with E-state index >= 15 is 0 Å². The molecule has 0 saturated carbocycles. The minimum atomic E-state index is 0.123. The van der Waals surface area contributed by atoms with Crippen molar-refractivity contribution in [3.63, 3.8) is 0 Å². The summed E-state index contributed by atoms with van der Waals surface area (Å²) in [5, 5.41) is 0. The van der Waals surface area contributed by atoms with Crippen molar-refractivity contribution in [3.8, 4) is 0 Å². The van der Waals surface area contributed by atoms with Crippen molar-refractivity contribution in [3.05, 3.63) is 18.2 Å². The van der Waals surface area contributed by atoms with Crippen LogP contribution in [0.25, 0.3) is 0 Å². The number of nitrogens with zero attached hydrogens (tertiary/aromatic N) is 3. The molecule has 0 spiro atoms. The summed E-state index contributed by atoms with van der Waals surface area (Å²) in [6.45, 7) is 3.22. The summed E-state index contributed by atoms with van der Waals surface area (Å²) in [5.41, 5.74) is 0. The summed E-state index contributed by atoms with van der Waals surface area (Å²) in [4.78, 5) is 17.7. The largest absolute Gasteiger partial charge is 0.377 e. The van der Waals surface area contributed by atoms with Crippen LogP contribution in [-0.2, 0) is 22.6 Å². The molecule has 5 nitrogen and oxygen atoms in total. The molecule has 0 aromatic carbocycles. The van der Waals surface area contributed by atoms with Gasteiger partial charge in [-0.25, -0.2) is 4.98 Å². The Bertz CT molecular complexity index is 348. The molecule has 5 heteroatoms. The van der Waals surface area contributed by atoms with Gasteiger partial charge in [-0.15, -0.1) is 0 Å². The van der Waals surface area contributed by atoms with Crippen LogP contribution in [0.3, 0.4) is 0 Å². The second kappa shape index (κ2) is 4.55. The zero-order valence-corrected chi connectivity index (χ0v) is 8.85. The summed E-state index contributed by atoms with van der Waals surface area (Å²) in [7, 11) is 1.54. The van der Waals surface area contributed by atoms with Crippen molar-refractivity contribution in [1.29, 1.82) is 0 Å². The van der Waals surface area contributed by atoms with E-state index in [9.17, 15) is 4.79 Å². The van der Waals surface area contributed by atoms with Gasteiger partial charge in [0, 0.05) is 32.6 Å². The van der Waals surface area contributed by atoms with Gasteiger partial charge in [0.25, 0.3) is 0 Å². The Morgan fingerprint density at radius 1 is 1.60 bits per heavy atom. The summed E-state index contributed by atoms with van der Waals surface area (Å²) in [5.74, 6) is 1.16. The zero-order valence-electron chi connectivity index (χ0n) is 8.85. The van der Waals surface area contributed by atoms with Gasteiger partial charge in [-0.2, -0.15) is 0 Å². The first-order chi connectivity index (χ1) is 7.29. The second-order valence-corrected chi connectivity index (χ2v) is 3.72. The Kier molecular flexibility index (Phi) is 3.13. The highest BCUT2D eigenvalue weighted by Crippen LogP contribution is 2.09. The number of rotatable bonds is 4. The molecule has 0 aliphatic carbocycles. The number of Topliss-reactive ketones (excluding diaryl/α,β-unsaturated/α-hetero) is 1. The molecule has 0 radical (unpaired) electrons. The first-order valence-corrected chi connectivity index (χ1v) is 5.02. The van der Waals surface area contributed by atoms with Gasteiger partial charge in [-0.1, -0.05) is 0 Å². The van der Waals surface area contributed by atoms with Crippen molar-refractivity contribution in [1.82, 2.24) is 14.5 Å². The molecule has 0 N–H and O–H groups in total. The van der Waals surface area contributed by atoms with E-state index in [0.29, 0.717) is 6.54 Å². The van der Waals surface area contributed by atoms with Crippen LogP contribution in [0.2, 0.25) is 0 Å². The van der Waals surface area contributed by atoms with Gasteiger partial charge in [-0.05, 0) is 0 Å². The lowest BCUT2D eigenvalue weighted by atomic mass is 10.3. The minimum absolute atomic E-state index is 0.123. The third kappa shape index (κ3) is 2.43. The fourth-order valence-corrected chi connectivity index (χ4v) is 1.81. The quantitative estimate of drug-likeness (QED) is 0.695. The average Bonchev–Trinajstić information content (AvgIpc) is 2.65. The number of aromatic nitrogens is 2. The van der Waals surface area contributed by atoms with Crippen molar-refractivity contribution in [2.24, 2.45) is 0 Å². The molecule has 0 atom stereocenters. The highest BCUT2D eigenvalue weighted by Gasteiger charge is 2.18. The number of imidazole rings is 1. The van der Waals surface area contributed by atoms with Crippen LogP contribution in [0, 0.1) is 0 Å². The Morgan fingerprint density at radius 3 is 3.27 bits per heavy atom. The maximum Gasteiger partial charge on any atom is 0.172 e. The predicted octanol–water partition coefficient (Wildman–Crippen LogP) is -0.0858. The molecule has 1 aromatic heterocycles. The number of ether oxygens (including phenoxy) is 1. The molecule has 1 aliphatic heterocycles. The Hall–Kier alpha value is -1.20. The first-order valence-electron chi connectivity index (χ1n) is 5.02. The first kappa shape index (κ1) is 10.3. The molecule has 0 bridgehead atoms. The molecule has 2 heterocycles. The number of carbonyl (C=O) groups is 1. The van der Waals surface area contributed by atoms with Crippen LogP contribution in [-0.4, -0.2) is 47.0 Å². The van der Waals surface area contributed by atoms with E-state index in [1.807, 2.05) is 6.20 Å². The minimum Gasteiger partial charge on any atom is -0.377 e. The van der Waals surface area contributed by atoms with Gasteiger partial charge in [0.1, 0.15) is 12.4 Å². The lowest BCUT2D eigenvalue weighted by Crippen LogP contribution is -2.38. The average molecular weight is 209 g/mol. The molecule has 0 unspecified atom stereocenters. The summed E-state index contributed by atoms with van der Waals surface area (Å²) in [6.07, 6.45) is 3.78. The van der Waals surface area contributed by atoms with Gasteiger partial charge in [0.2, 0.25) is 0 Å². The monoisotopic (exact) mass is 209 g/mol. The zero-order chi connectivity index (χ0) is 10.7. The van der Waals surface area contributed by atoms with Crippen LogP contribution in [0.4, 0.5) is 0 Å². The fraction of sp³-hybridized carbons (Fsp3) is 0.600. The van der Waals surface area contributed by atoms with Gasteiger partial charge in [0.05, 0.1) is 13.1 Å². The van der Waals surface area contributed by atoms with E-state index in [2.05, 4.69) is 14.5 Å². The van der Waals surface area contributed by atoms with Crippen molar-refractivity contribution >= 4 is 5.78 Å². The third-order valence-corrected chi connectivity index (χ3v) is 2.53.